The van der Waals surface area contributed by atoms with Gasteiger partial charge < -0.3 is 11.1 Å². The molecule has 2 heteroatoms. The van der Waals surface area contributed by atoms with Gasteiger partial charge >= 0.3 is 0 Å². The molecule has 2 aliphatic carbocycles. The summed E-state index contributed by atoms with van der Waals surface area (Å²) in [6.07, 6.45) is 12.3. The Kier molecular flexibility index (Phi) is 4.26. The zero-order valence-corrected chi connectivity index (χ0v) is 10.8. The number of hydrogen-bond acceptors (Lipinski definition) is 2. The molecular weight excluding hydrogens is 196 g/mol. The van der Waals surface area contributed by atoms with Crippen molar-refractivity contribution in [2.75, 3.05) is 6.54 Å². The van der Waals surface area contributed by atoms with E-state index in [1.54, 1.807) is 0 Å². The van der Waals surface area contributed by atoms with Crippen LogP contribution in [-0.4, -0.2) is 18.1 Å². The lowest BCUT2D eigenvalue weighted by molar-refractivity contribution is 0.214. The van der Waals surface area contributed by atoms with E-state index in [-0.39, 0.29) is 0 Å². The summed E-state index contributed by atoms with van der Waals surface area (Å²) in [5, 5.41) is 3.82. The molecule has 0 aromatic heterocycles. The molecule has 2 nitrogen and oxygen atoms in total. The molecule has 0 aliphatic heterocycles. The van der Waals surface area contributed by atoms with Crippen LogP contribution in [0.2, 0.25) is 0 Å². The first kappa shape index (κ1) is 12.4. The summed E-state index contributed by atoms with van der Waals surface area (Å²) in [5.41, 5.74) is 6.61. The van der Waals surface area contributed by atoms with Gasteiger partial charge in [-0.3, -0.25) is 0 Å². The molecule has 2 rings (SSSR count). The highest BCUT2D eigenvalue weighted by Crippen LogP contribution is 2.29. The fraction of sp³-hybridized carbons (Fsp3) is 1.00. The summed E-state index contributed by atoms with van der Waals surface area (Å²) in [6, 6.07) is 0.452. The lowest BCUT2D eigenvalue weighted by atomic mass is 9.81. The smallest absolute Gasteiger partial charge is 0.0153 e. The molecule has 94 valence electrons. The fourth-order valence-electron chi connectivity index (χ4n) is 3.38. The summed E-state index contributed by atoms with van der Waals surface area (Å²) < 4.78 is 0. The molecule has 0 aromatic carbocycles. The zero-order chi connectivity index (χ0) is 11.4. The Morgan fingerprint density at radius 2 is 1.75 bits per heavy atom. The Hall–Kier alpha value is -0.0800. The van der Waals surface area contributed by atoms with Gasteiger partial charge in [0.05, 0.1) is 0 Å². The van der Waals surface area contributed by atoms with Crippen molar-refractivity contribution in [2.24, 2.45) is 11.7 Å². The summed E-state index contributed by atoms with van der Waals surface area (Å²) in [5.74, 6) is 0.729. The Bertz CT molecular complexity index is 209. The molecule has 2 aliphatic rings. The maximum Gasteiger partial charge on any atom is 0.0153 e. The Balaban J connectivity index is 1.76. The lowest BCUT2D eigenvalue weighted by Crippen LogP contribution is -2.49. The third-order valence-corrected chi connectivity index (χ3v) is 4.72. The van der Waals surface area contributed by atoms with Crippen LogP contribution in [0.5, 0.6) is 0 Å². The molecule has 0 aromatic rings. The third-order valence-electron chi connectivity index (χ3n) is 4.72. The zero-order valence-electron chi connectivity index (χ0n) is 10.8. The van der Waals surface area contributed by atoms with Gasteiger partial charge in [-0.1, -0.05) is 32.1 Å². The average molecular weight is 224 g/mol. The van der Waals surface area contributed by atoms with Crippen LogP contribution in [0.1, 0.15) is 64.7 Å². The number of nitrogens with two attached hydrogens (primary N) is 1. The normalized spacial score (nSPS) is 34.9. The molecule has 0 saturated heterocycles. The number of rotatable bonds is 3. The van der Waals surface area contributed by atoms with E-state index < -0.39 is 0 Å². The van der Waals surface area contributed by atoms with Gasteiger partial charge in [0.2, 0.25) is 0 Å². The van der Waals surface area contributed by atoms with Crippen LogP contribution in [-0.2, 0) is 0 Å². The largest absolute Gasteiger partial charge is 0.327 e. The van der Waals surface area contributed by atoms with Gasteiger partial charge in [0.15, 0.2) is 0 Å². The minimum absolute atomic E-state index is 0.412. The van der Waals surface area contributed by atoms with Crippen molar-refractivity contribution in [1.29, 1.82) is 0 Å². The van der Waals surface area contributed by atoms with Crippen molar-refractivity contribution < 1.29 is 0 Å². The van der Waals surface area contributed by atoms with Crippen molar-refractivity contribution in [3.63, 3.8) is 0 Å². The highest BCUT2D eigenvalue weighted by Gasteiger charge is 2.28. The standard InChI is InChI=1S/C14H28N2/c1-14(9-5-2-6-10-14)16-11-12-7-3-4-8-13(12)15/h12-13,16H,2-11,15H2,1H3. The van der Waals surface area contributed by atoms with Gasteiger partial charge in [-0.25, -0.2) is 0 Å². The summed E-state index contributed by atoms with van der Waals surface area (Å²) in [7, 11) is 0. The molecule has 2 unspecified atom stereocenters. The molecule has 0 bridgehead atoms. The van der Waals surface area contributed by atoms with Crippen LogP contribution in [0.4, 0.5) is 0 Å². The molecule has 0 spiro atoms. The molecule has 2 fully saturated rings. The summed E-state index contributed by atoms with van der Waals surface area (Å²) in [6.45, 7) is 3.55. The van der Waals surface area contributed by atoms with Gasteiger partial charge in [-0.15, -0.1) is 0 Å². The van der Waals surface area contributed by atoms with Crippen LogP contribution in [0.3, 0.4) is 0 Å². The maximum atomic E-state index is 6.20. The molecule has 2 saturated carbocycles. The quantitative estimate of drug-likeness (QED) is 0.773. The topological polar surface area (TPSA) is 38.0 Å². The van der Waals surface area contributed by atoms with Crippen LogP contribution < -0.4 is 11.1 Å². The van der Waals surface area contributed by atoms with E-state index in [4.69, 9.17) is 5.73 Å². The highest BCUT2D eigenvalue weighted by molar-refractivity contribution is 4.89. The molecule has 0 radical (unpaired) electrons. The van der Waals surface area contributed by atoms with Crippen molar-refractivity contribution >= 4 is 0 Å². The predicted molar refractivity (Wildman–Crippen MR) is 69.4 cm³/mol. The van der Waals surface area contributed by atoms with Crippen molar-refractivity contribution in [3.05, 3.63) is 0 Å². The van der Waals surface area contributed by atoms with E-state index in [1.165, 1.54) is 57.8 Å². The lowest BCUT2D eigenvalue weighted by Gasteiger charge is -2.38. The van der Waals surface area contributed by atoms with Gasteiger partial charge in [-0.2, -0.15) is 0 Å². The Morgan fingerprint density at radius 1 is 1.06 bits per heavy atom. The van der Waals surface area contributed by atoms with Gasteiger partial charge in [0.25, 0.3) is 0 Å². The Labute approximate surface area is 100 Å². The van der Waals surface area contributed by atoms with Crippen molar-refractivity contribution in [1.82, 2.24) is 5.32 Å². The van der Waals surface area contributed by atoms with Crippen LogP contribution in [0.25, 0.3) is 0 Å². The second-order valence-corrected chi connectivity index (χ2v) is 6.21. The van der Waals surface area contributed by atoms with Gasteiger partial charge in [0.1, 0.15) is 0 Å². The molecular formula is C14H28N2. The van der Waals surface area contributed by atoms with E-state index in [9.17, 15) is 0 Å². The van der Waals surface area contributed by atoms with E-state index >= 15 is 0 Å². The van der Waals surface area contributed by atoms with Crippen LogP contribution >= 0.6 is 0 Å². The van der Waals surface area contributed by atoms with Crippen molar-refractivity contribution in [2.45, 2.75) is 76.3 Å². The summed E-state index contributed by atoms with van der Waals surface area (Å²) >= 11 is 0. The molecule has 0 heterocycles. The molecule has 16 heavy (non-hydrogen) atoms. The number of hydrogen-bond donors (Lipinski definition) is 2. The van der Waals surface area contributed by atoms with Crippen LogP contribution in [0, 0.1) is 5.92 Å². The molecule has 3 N–H and O–H groups in total. The first-order chi connectivity index (χ1) is 7.70. The second kappa shape index (κ2) is 5.50. The first-order valence-electron chi connectivity index (χ1n) is 7.20. The highest BCUT2D eigenvalue weighted by atomic mass is 15.0. The van der Waals surface area contributed by atoms with E-state index in [0.29, 0.717) is 11.6 Å². The predicted octanol–water partition coefficient (Wildman–Crippen LogP) is 2.82. The minimum Gasteiger partial charge on any atom is -0.327 e. The minimum atomic E-state index is 0.412. The number of nitrogens with one attached hydrogen (secondary N) is 1. The van der Waals surface area contributed by atoms with Gasteiger partial charge in [0, 0.05) is 11.6 Å². The van der Waals surface area contributed by atoms with E-state index in [2.05, 4.69) is 12.2 Å². The van der Waals surface area contributed by atoms with Crippen LogP contribution in [0.15, 0.2) is 0 Å². The monoisotopic (exact) mass is 224 g/mol. The Morgan fingerprint density at radius 3 is 2.44 bits per heavy atom. The fourth-order valence-corrected chi connectivity index (χ4v) is 3.38. The van der Waals surface area contributed by atoms with E-state index in [0.717, 1.165) is 12.5 Å². The average Bonchev–Trinajstić information content (AvgIpc) is 2.29. The SMILES string of the molecule is CC1(NCC2CCCCC2N)CCCCC1. The van der Waals surface area contributed by atoms with E-state index in [1.807, 2.05) is 0 Å². The molecule has 0 amide bonds. The summed E-state index contributed by atoms with van der Waals surface area (Å²) in [4.78, 5) is 0. The third kappa shape index (κ3) is 3.21. The first-order valence-corrected chi connectivity index (χ1v) is 7.20. The second-order valence-electron chi connectivity index (χ2n) is 6.21. The van der Waals surface area contributed by atoms with Crippen molar-refractivity contribution in [3.8, 4) is 0 Å². The van der Waals surface area contributed by atoms with Gasteiger partial charge in [-0.05, 0) is 45.1 Å². The maximum absolute atomic E-state index is 6.20. The molecule has 2 atom stereocenters.